The number of aromatic amines is 1. The van der Waals surface area contributed by atoms with Crippen LogP contribution in [0.25, 0.3) is 11.0 Å². The van der Waals surface area contributed by atoms with E-state index >= 15 is 0 Å². The van der Waals surface area contributed by atoms with Crippen molar-refractivity contribution in [3.63, 3.8) is 0 Å². The fourth-order valence-electron chi connectivity index (χ4n) is 4.86. The van der Waals surface area contributed by atoms with Crippen molar-refractivity contribution in [2.24, 2.45) is 0 Å². The van der Waals surface area contributed by atoms with Crippen LogP contribution < -0.4 is 103 Å². The van der Waals surface area contributed by atoms with Gasteiger partial charge in [-0.15, -0.1) is 0 Å². The van der Waals surface area contributed by atoms with Crippen LogP contribution in [-0.4, -0.2) is 41.2 Å². The number of unbranched alkanes of at least 4 members (excludes halogenated alkanes) is 11. The molecule has 0 aliphatic heterocycles. The van der Waals surface area contributed by atoms with E-state index in [1.54, 1.807) is 0 Å². The molecule has 1 N–H and O–H groups in total. The first-order valence-electron chi connectivity index (χ1n) is 13.9. The van der Waals surface area contributed by atoms with Crippen molar-refractivity contribution < 1.29 is 129 Å². The smallest absolute Gasteiger partial charge is 0.748 e. The van der Waals surface area contributed by atoms with Crippen LogP contribution in [0.2, 0.25) is 0 Å². The van der Waals surface area contributed by atoms with Gasteiger partial charge in [0.2, 0.25) is 0 Å². The molecule has 0 bridgehead atoms. The largest absolute Gasteiger partial charge is 1.00 e. The summed E-state index contributed by atoms with van der Waals surface area (Å²) < 4.78 is 69.6. The maximum absolute atomic E-state index is 12.0. The molecule has 0 fully saturated rings. The summed E-state index contributed by atoms with van der Waals surface area (Å²) in [6.45, 7) is 5.51. The van der Waals surface area contributed by atoms with Crippen LogP contribution in [0.3, 0.4) is 0 Å². The van der Waals surface area contributed by atoms with Gasteiger partial charge in [0.25, 0.3) is 0 Å². The zero-order chi connectivity index (χ0) is 27.5. The van der Waals surface area contributed by atoms with Crippen LogP contribution in [0.1, 0.15) is 128 Å². The van der Waals surface area contributed by atoms with E-state index in [-0.39, 0.29) is 126 Å². The Morgan fingerprint density at radius 2 is 1.31 bits per heavy atom. The fraction of sp³-hybridized carbons (Fsp3) is 0.741. The molecule has 0 radical (unpaired) electrons. The van der Waals surface area contributed by atoms with Gasteiger partial charge in [-0.25, -0.2) is 21.8 Å². The molecule has 0 amide bonds. The zero-order valence-electron chi connectivity index (χ0n) is 24.6. The molecule has 8 nitrogen and oxygen atoms in total. The number of aromatic nitrogens is 2. The second kappa shape index (κ2) is 20.7. The predicted octanol–water partition coefficient (Wildman–Crippen LogP) is 0.536. The Labute approximate surface area is 321 Å². The minimum atomic E-state index is -4.69. The van der Waals surface area contributed by atoms with E-state index in [9.17, 15) is 25.9 Å². The molecule has 2 unspecified atom stereocenters. The molecule has 1 aromatic heterocycles. The van der Waals surface area contributed by atoms with Crippen LogP contribution in [0.4, 0.5) is 0 Å². The minimum Gasteiger partial charge on any atom is -0.748 e. The molecule has 0 saturated carbocycles. The first-order chi connectivity index (χ1) is 17.4. The molecule has 2 rings (SSSR count). The average Bonchev–Trinajstić information content (AvgIpc) is 3.24. The van der Waals surface area contributed by atoms with Crippen molar-refractivity contribution >= 4 is 31.3 Å². The summed E-state index contributed by atoms with van der Waals surface area (Å²) in [7, 11) is -9.08. The van der Waals surface area contributed by atoms with Crippen LogP contribution in [0.5, 0.6) is 0 Å². The summed E-state index contributed by atoms with van der Waals surface area (Å²) in [6.07, 6.45) is 15.9. The Bertz CT molecular complexity index is 1190. The molecule has 0 spiro atoms. The summed E-state index contributed by atoms with van der Waals surface area (Å²) in [4.78, 5) is 7.35. The first-order valence-corrected chi connectivity index (χ1v) is 16.7. The molecule has 0 saturated heterocycles. The van der Waals surface area contributed by atoms with Crippen molar-refractivity contribution in [2.75, 3.05) is 0 Å². The summed E-state index contributed by atoms with van der Waals surface area (Å²) in [5.41, 5.74) is 1.44. The average molecular weight is 635 g/mol. The van der Waals surface area contributed by atoms with Crippen molar-refractivity contribution in [3.8, 4) is 0 Å². The molecular weight excluding hydrogens is 591 g/mol. The number of hydrogen-bond acceptors (Lipinski definition) is 7. The maximum Gasteiger partial charge on any atom is 1.00 e. The number of rotatable bonds is 19. The van der Waals surface area contributed by atoms with Gasteiger partial charge in [-0.3, -0.25) is 0 Å². The Morgan fingerprint density at radius 1 is 0.795 bits per heavy atom. The van der Waals surface area contributed by atoms with Gasteiger partial charge >= 0.3 is 103 Å². The van der Waals surface area contributed by atoms with Crippen molar-refractivity contribution in [3.05, 3.63) is 23.5 Å². The van der Waals surface area contributed by atoms with E-state index in [1.165, 1.54) is 76.8 Å². The van der Waals surface area contributed by atoms with Gasteiger partial charge in [0, 0.05) is 17.2 Å². The maximum atomic E-state index is 12.0. The molecule has 12 heteroatoms. The van der Waals surface area contributed by atoms with E-state index in [1.807, 2.05) is 6.92 Å². The normalized spacial score (nSPS) is 13.6. The molecular formula is C27H44K2N2O6S2. The SMILES string of the molecule is CCCCCCCCCCCCCCC(C)c1c(S(=O)(=O)[O-])ccc2[nH]c(CCC(C)S(=O)(=O)[O-])nc12.[K+].[K+]. The summed E-state index contributed by atoms with van der Waals surface area (Å²) >= 11 is 0. The Morgan fingerprint density at radius 3 is 1.79 bits per heavy atom. The van der Waals surface area contributed by atoms with Crippen molar-refractivity contribution in [1.29, 1.82) is 0 Å². The van der Waals surface area contributed by atoms with Crippen LogP contribution in [-0.2, 0) is 26.7 Å². The Balaban J connectivity index is 0.00000722. The monoisotopic (exact) mass is 634 g/mol. The van der Waals surface area contributed by atoms with E-state index in [0.29, 0.717) is 22.4 Å². The van der Waals surface area contributed by atoms with Gasteiger partial charge in [-0.05, 0) is 37.8 Å². The standard InChI is InChI=1S/C27H46N2O6S2.2K/c1-4-5-6-7-8-9-10-11-12-13-14-15-16-21(2)26-24(37(33,34)35)19-18-23-27(26)29-25(28-23)20-17-22(3)36(30,31)32;;/h18-19,21-22H,4-17,20H2,1-3H3,(H,28,29)(H,30,31,32)(H,33,34,35);;/q;2*+1/p-2. The summed E-state index contributed by atoms with van der Waals surface area (Å²) in [5.74, 6) is 0.285. The number of nitrogens with one attached hydrogen (secondary N) is 1. The van der Waals surface area contributed by atoms with E-state index in [0.717, 1.165) is 25.7 Å². The van der Waals surface area contributed by atoms with Gasteiger partial charge in [0.05, 0.1) is 26.0 Å². The third kappa shape index (κ3) is 14.9. The molecule has 39 heavy (non-hydrogen) atoms. The molecule has 1 heterocycles. The minimum absolute atomic E-state index is 0. The molecule has 1 aromatic carbocycles. The van der Waals surface area contributed by atoms with Crippen LogP contribution in [0, 0.1) is 0 Å². The Kier molecular flexibility index (Phi) is 21.6. The second-order valence-corrected chi connectivity index (χ2v) is 13.6. The predicted molar refractivity (Wildman–Crippen MR) is 146 cm³/mol. The molecule has 2 atom stereocenters. The summed E-state index contributed by atoms with van der Waals surface area (Å²) in [6, 6.07) is 2.84. The number of imidazole rings is 1. The van der Waals surface area contributed by atoms with Crippen LogP contribution >= 0.6 is 0 Å². The number of aryl methyl sites for hydroxylation is 1. The molecule has 212 valence electrons. The topological polar surface area (TPSA) is 143 Å². The number of nitrogens with zero attached hydrogens (tertiary/aromatic N) is 1. The third-order valence-corrected chi connectivity index (χ3v) is 9.35. The third-order valence-electron chi connectivity index (χ3n) is 7.24. The van der Waals surface area contributed by atoms with E-state index < -0.39 is 25.5 Å². The molecule has 2 aromatic rings. The molecule has 0 aliphatic rings. The van der Waals surface area contributed by atoms with E-state index in [4.69, 9.17) is 0 Å². The van der Waals surface area contributed by atoms with Crippen LogP contribution in [0.15, 0.2) is 17.0 Å². The Hall–Kier alpha value is 1.78. The van der Waals surface area contributed by atoms with Gasteiger partial charge in [0.1, 0.15) is 15.9 Å². The van der Waals surface area contributed by atoms with Crippen molar-refractivity contribution in [2.45, 2.75) is 133 Å². The first kappa shape index (κ1) is 40.8. The number of hydrogen-bond donors (Lipinski definition) is 1. The number of H-pyrrole nitrogens is 1. The molecule has 0 aliphatic carbocycles. The van der Waals surface area contributed by atoms with Gasteiger partial charge in [-0.1, -0.05) is 90.9 Å². The zero-order valence-corrected chi connectivity index (χ0v) is 32.5. The van der Waals surface area contributed by atoms with Crippen molar-refractivity contribution in [1.82, 2.24) is 9.97 Å². The van der Waals surface area contributed by atoms with Gasteiger partial charge in [0.15, 0.2) is 0 Å². The second-order valence-electron chi connectivity index (χ2n) is 10.4. The van der Waals surface area contributed by atoms with Gasteiger partial charge < -0.3 is 14.1 Å². The number of fused-ring (bicyclic) bond motifs is 1. The fourth-order valence-corrected chi connectivity index (χ4v) is 6.07. The van der Waals surface area contributed by atoms with E-state index in [2.05, 4.69) is 16.9 Å². The quantitative estimate of drug-likeness (QED) is 0.135. The number of benzene rings is 1. The van der Waals surface area contributed by atoms with Gasteiger partial charge in [-0.2, -0.15) is 0 Å². The summed E-state index contributed by atoms with van der Waals surface area (Å²) in [5, 5.41) is -1.05.